The summed E-state index contributed by atoms with van der Waals surface area (Å²) in [6, 6.07) is 5.12. The van der Waals surface area contributed by atoms with E-state index in [1.807, 2.05) is 58.2 Å². The molecule has 5 atom stereocenters. The first-order valence-electron chi connectivity index (χ1n) is 21.1. The van der Waals surface area contributed by atoms with Gasteiger partial charge in [0, 0.05) is 41.3 Å². The number of nitrogens with one attached hydrogen (secondary N) is 4. The van der Waals surface area contributed by atoms with Gasteiger partial charge in [-0.25, -0.2) is 23.2 Å². The number of carbonyl (C=O) groups is 4. The topological polar surface area (TPSA) is 207 Å². The van der Waals surface area contributed by atoms with Gasteiger partial charge in [-0.1, -0.05) is 32.9 Å². The molecule has 3 fully saturated rings. The molecule has 4 heterocycles. The number of rotatable bonds is 11. The second kappa shape index (κ2) is 17.8. The van der Waals surface area contributed by atoms with Gasteiger partial charge < -0.3 is 35.1 Å². The highest BCUT2D eigenvalue weighted by molar-refractivity contribution is 7.90. The molecular formula is C43H57N7O9S2. The molecule has 2 aliphatic heterocycles. The minimum absolute atomic E-state index is 0.0198. The van der Waals surface area contributed by atoms with E-state index in [0.29, 0.717) is 53.1 Å². The summed E-state index contributed by atoms with van der Waals surface area (Å²) < 4.78 is 45.9. The molecule has 0 radical (unpaired) electrons. The van der Waals surface area contributed by atoms with Crippen LogP contribution in [0.2, 0.25) is 0 Å². The van der Waals surface area contributed by atoms with Crippen molar-refractivity contribution in [1.82, 2.24) is 30.2 Å². The third kappa shape index (κ3) is 10.2. The third-order valence-corrected chi connectivity index (χ3v) is 13.8. The lowest BCUT2D eigenvalue weighted by Gasteiger charge is -2.35. The fourth-order valence-corrected chi connectivity index (χ4v) is 10.3. The summed E-state index contributed by atoms with van der Waals surface area (Å²) in [5.74, 6) is -1.62. The standard InChI is InChI=1S/C43H57N7O9S2/c1-25(2)44-40-46-33(24-60-40)32-21-35(30-17-16-28(57-6)19-31(30)45-32)58-29-20-34(37(51)48-43-22-26(43)13-9-7-8-12-18-61(55,56)49-39(43)53)50(23-29)38(52)36(42(3,4)5)47-41(54)59-27-14-10-11-15-27/h9,13,16-17,19,21,24-27,29,34,36H,7-8,10-12,14-15,18,20,22-23H2,1-6H3,(H,44,46)(H,47,54)(H,48,51)(H,49,53)/b13-9-/t26-,29-,34?,36-,43-/m1/s1. The molecule has 330 valence electrons. The van der Waals surface area contributed by atoms with Crippen molar-refractivity contribution < 1.29 is 41.8 Å². The van der Waals surface area contributed by atoms with Crippen molar-refractivity contribution >= 4 is 61.2 Å². The first-order chi connectivity index (χ1) is 28.9. The number of aromatic nitrogens is 2. The molecule has 7 rings (SSSR count). The summed E-state index contributed by atoms with van der Waals surface area (Å²) in [6.07, 6.45) is 7.34. The van der Waals surface area contributed by atoms with E-state index in [-0.39, 0.29) is 37.3 Å². The van der Waals surface area contributed by atoms with Crippen LogP contribution >= 0.6 is 11.3 Å². The average molecular weight is 880 g/mol. The van der Waals surface area contributed by atoms with Gasteiger partial charge in [0.1, 0.15) is 47.0 Å². The number of anilines is 1. The third-order valence-electron chi connectivity index (χ3n) is 11.7. The van der Waals surface area contributed by atoms with Crippen LogP contribution in [0.5, 0.6) is 11.5 Å². The largest absolute Gasteiger partial charge is 0.497 e. The number of sulfonamides is 1. The zero-order chi connectivity index (χ0) is 43.7. The number of hydrogen-bond donors (Lipinski definition) is 4. The maximum Gasteiger partial charge on any atom is 0.408 e. The summed E-state index contributed by atoms with van der Waals surface area (Å²) in [4.78, 5) is 67.6. The van der Waals surface area contributed by atoms with E-state index in [2.05, 4.69) is 20.7 Å². The highest BCUT2D eigenvalue weighted by atomic mass is 32.2. The summed E-state index contributed by atoms with van der Waals surface area (Å²) in [6.45, 7) is 9.46. The van der Waals surface area contributed by atoms with Crippen LogP contribution in [0.1, 0.15) is 92.4 Å². The Morgan fingerprint density at radius 3 is 2.52 bits per heavy atom. The number of allylic oxidation sites excluding steroid dienone is 1. The molecule has 18 heteroatoms. The van der Waals surface area contributed by atoms with Crippen LogP contribution in [0.15, 0.2) is 41.8 Å². The second-order valence-corrected chi connectivity index (χ2v) is 20.6. The maximum absolute atomic E-state index is 14.8. The van der Waals surface area contributed by atoms with Crippen LogP contribution in [0.4, 0.5) is 9.93 Å². The van der Waals surface area contributed by atoms with Gasteiger partial charge in [-0.15, -0.1) is 11.3 Å². The lowest BCUT2D eigenvalue weighted by atomic mass is 9.85. The SMILES string of the molecule is COc1ccc2c(O[C@@H]3CC(C(=O)N[C@]45C[C@H]4/C=C\CCCCS(=O)(=O)NC5=O)N(C(=O)[C@@H](NC(=O)OC4CCCC4)C(C)(C)C)C3)cc(-c3csc(NC(C)C)n3)nc2c1. The Hall–Kier alpha value is -4.97. The number of amides is 4. The van der Waals surface area contributed by atoms with Crippen molar-refractivity contribution in [3.8, 4) is 22.9 Å². The van der Waals surface area contributed by atoms with E-state index >= 15 is 0 Å². The van der Waals surface area contributed by atoms with Gasteiger partial charge in [-0.3, -0.25) is 19.1 Å². The van der Waals surface area contributed by atoms with Crippen molar-refractivity contribution in [1.29, 1.82) is 0 Å². The quantitative estimate of drug-likeness (QED) is 0.172. The van der Waals surface area contributed by atoms with Gasteiger partial charge in [0.15, 0.2) is 5.13 Å². The van der Waals surface area contributed by atoms with Gasteiger partial charge >= 0.3 is 6.09 Å². The Labute approximate surface area is 361 Å². The number of ether oxygens (including phenoxy) is 3. The minimum atomic E-state index is -3.95. The van der Waals surface area contributed by atoms with E-state index < -0.39 is 68.9 Å². The lowest BCUT2D eigenvalue weighted by molar-refractivity contribution is -0.143. The second-order valence-electron chi connectivity index (χ2n) is 17.9. The van der Waals surface area contributed by atoms with E-state index in [4.69, 9.17) is 24.2 Å². The van der Waals surface area contributed by atoms with E-state index in [9.17, 15) is 27.6 Å². The molecular weight excluding hydrogens is 823 g/mol. The zero-order valence-corrected chi connectivity index (χ0v) is 37.2. The van der Waals surface area contributed by atoms with Gasteiger partial charge in [-0.2, -0.15) is 0 Å². The Kier molecular flexibility index (Phi) is 12.9. The number of pyridine rings is 1. The van der Waals surface area contributed by atoms with Gasteiger partial charge in [0.25, 0.3) is 5.91 Å². The number of carbonyl (C=O) groups excluding carboxylic acids is 4. The summed E-state index contributed by atoms with van der Waals surface area (Å²) >= 11 is 1.45. The number of methoxy groups -OCH3 is 1. The van der Waals surface area contributed by atoms with Crippen molar-refractivity contribution in [2.75, 3.05) is 24.7 Å². The Morgan fingerprint density at radius 1 is 1.03 bits per heavy atom. The summed E-state index contributed by atoms with van der Waals surface area (Å²) in [5.41, 5.74) is -0.595. The van der Waals surface area contributed by atoms with Gasteiger partial charge in [0.05, 0.1) is 30.6 Å². The minimum Gasteiger partial charge on any atom is -0.497 e. The monoisotopic (exact) mass is 879 g/mol. The summed E-state index contributed by atoms with van der Waals surface area (Å²) in [7, 11) is -2.38. The zero-order valence-electron chi connectivity index (χ0n) is 35.6. The first kappa shape index (κ1) is 44.1. The predicted molar refractivity (Wildman–Crippen MR) is 232 cm³/mol. The Bertz CT molecular complexity index is 2290. The molecule has 4 N–H and O–H groups in total. The molecule has 2 aliphatic carbocycles. The molecule has 2 saturated carbocycles. The first-order valence-corrected chi connectivity index (χ1v) is 23.7. The van der Waals surface area contributed by atoms with Crippen LogP contribution in [-0.2, 0) is 29.1 Å². The molecule has 2 aromatic heterocycles. The van der Waals surface area contributed by atoms with Crippen molar-refractivity contribution in [2.45, 2.75) is 128 Å². The number of fused-ring (bicyclic) bond motifs is 2. The van der Waals surface area contributed by atoms with Crippen LogP contribution in [0.25, 0.3) is 22.3 Å². The fourth-order valence-electron chi connectivity index (χ4n) is 8.30. The molecule has 4 aliphatic rings. The molecule has 1 aromatic carbocycles. The van der Waals surface area contributed by atoms with E-state index in [0.717, 1.165) is 30.8 Å². The van der Waals surface area contributed by atoms with Crippen LogP contribution in [0, 0.1) is 11.3 Å². The number of thiazole rings is 1. The molecule has 3 aromatic rings. The summed E-state index contributed by atoms with van der Waals surface area (Å²) in [5, 5.41) is 12.3. The maximum atomic E-state index is 14.8. The number of hydrogen-bond acceptors (Lipinski definition) is 13. The van der Waals surface area contributed by atoms with E-state index in [1.54, 1.807) is 25.3 Å². The van der Waals surface area contributed by atoms with Gasteiger partial charge in [0.2, 0.25) is 21.8 Å². The molecule has 1 unspecified atom stereocenters. The molecule has 0 bridgehead atoms. The molecule has 61 heavy (non-hydrogen) atoms. The highest BCUT2D eigenvalue weighted by Gasteiger charge is 2.61. The van der Waals surface area contributed by atoms with E-state index in [1.165, 1.54) is 16.2 Å². The molecule has 0 spiro atoms. The van der Waals surface area contributed by atoms with Gasteiger partial charge in [-0.05, 0) is 82.8 Å². The number of likely N-dealkylation sites (tertiary alicyclic amines) is 1. The predicted octanol–water partition coefficient (Wildman–Crippen LogP) is 5.68. The Morgan fingerprint density at radius 2 is 1.80 bits per heavy atom. The van der Waals surface area contributed by atoms with Crippen molar-refractivity contribution in [3.63, 3.8) is 0 Å². The normalized spacial score (nSPS) is 25.1. The molecule has 1 saturated heterocycles. The van der Waals surface area contributed by atoms with Crippen LogP contribution < -0.4 is 30.1 Å². The highest BCUT2D eigenvalue weighted by Crippen LogP contribution is 2.46. The number of benzene rings is 1. The smallest absolute Gasteiger partial charge is 0.408 e. The van der Waals surface area contributed by atoms with Crippen molar-refractivity contribution in [2.24, 2.45) is 11.3 Å². The fraction of sp³-hybridized carbons (Fsp3) is 0.581. The molecule has 16 nitrogen and oxygen atoms in total. The lowest BCUT2D eigenvalue weighted by Crippen LogP contribution is -2.60. The van der Waals surface area contributed by atoms with Crippen molar-refractivity contribution in [3.05, 3.63) is 41.8 Å². The Balaban J connectivity index is 1.22. The van der Waals surface area contributed by atoms with Crippen LogP contribution in [-0.4, -0.2) is 102 Å². The average Bonchev–Trinajstić information content (AvgIpc) is 3.62. The number of alkyl carbamates (subject to hydrolysis) is 1. The number of nitrogens with zero attached hydrogens (tertiary/aromatic N) is 3. The van der Waals surface area contributed by atoms with Crippen LogP contribution in [0.3, 0.4) is 0 Å². The molecule has 4 amide bonds.